The maximum Gasteiger partial charge on any atom is 0.243 e. The summed E-state index contributed by atoms with van der Waals surface area (Å²) in [4.78, 5) is 23.8. The fourth-order valence-electron chi connectivity index (χ4n) is 2.31. The summed E-state index contributed by atoms with van der Waals surface area (Å²) in [7, 11) is 0. The van der Waals surface area contributed by atoms with E-state index in [-0.39, 0.29) is 24.3 Å². The molecule has 0 spiro atoms. The van der Waals surface area contributed by atoms with Gasteiger partial charge in [-0.05, 0) is 50.6 Å². The Morgan fingerprint density at radius 2 is 2.05 bits per heavy atom. The van der Waals surface area contributed by atoms with Crippen molar-refractivity contribution in [2.45, 2.75) is 19.8 Å². The first-order valence-corrected chi connectivity index (χ1v) is 7.48. The van der Waals surface area contributed by atoms with Gasteiger partial charge in [0.25, 0.3) is 0 Å². The van der Waals surface area contributed by atoms with Gasteiger partial charge in [0.15, 0.2) is 0 Å². The minimum atomic E-state index is -0.275. The number of aryl methyl sites for hydroxylation is 1. The summed E-state index contributed by atoms with van der Waals surface area (Å²) >= 11 is 6.05. The van der Waals surface area contributed by atoms with Crippen LogP contribution in [0.2, 0.25) is 5.02 Å². The first-order chi connectivity index (χ1) is 10.1. The molecule has 114 valence electrons. The summed E-state index contributed by atoms with van der Waals surface area (Å²) in [6.07, 6.45) is 1.63. The first-order valence-electron chi connectivity index (χ1n) is 7.10. The van der Waals surface area contributed by atoms with Crippen molar-refractivity contribution in [2.24, 2.45) is 5.92 Å². The van der Waals surface area contributed by atoms with Crippen molar-refractivity contribution >= 4 is 29.1 Å². The molecule has 0 aromatic heterocycles. The number of anilines is 1. The van der Waals surface area contributed by atoms with Gasteiger partial charge >= 0.3 is 0 Å². The Labute approximate surface area is 129 Å². The van der Waals surface area contributed by atoms with Gasteiger partial charge in [-0.3, -0.25) is 9.59 Å². The van der Waals surface area contributed by atoms with Gasteiger partial charge in [-0.15, -0.1) is 0 Å². The molecule has 5 nitrogen and oxygen atoms in total. The first kappa shape index (κ1) is 15.8. The van der Waals surface area contributed by atoms with E-state index < -0.39 is 0 Å². The molecule has 0 aliphatic carbocycles. The van der Waals surface area contributed by atoms with Crippen LogP contribution in [0.3, 0.4) is 0 Å². The third-order valence-corrected chi connectivity index (χ3v) is 3.84. The van der Waals surface area contributed by atoms with Crippen LogP contribution in [-0.2, 0) is 9.59 Å². The zero-order valence-corrected chi connectivity index (χ0v) is 12.8. The number of amides is 2. The minimum Gasteiger partial charge on any atom is -0.347 e. The van der Waals surface area contributed by atoms with Crippen molar-refractivity contribution in [1.29, 1.82) is 0 Å². The largest absolute Gasteiger partial charge is 0.347 e. The highest BCUT2D eigenvalue weighted by molar-refractivity contribution is 6.33. The Kier molecular flexibility index (Phi) is 5.59. The number of benzene rings is 1. The topological polar surface area (TPSA) is 70.2 Å². The van der Waals surface area contributed by atoms with Gasteiger partial charge < -0.3 is 16.0 Å². The predicted molar refractivity (Wildman–Crippen MR) is 83.4 cm³/mol. The molecule has 3 N–H and O–H groups in total. The van der Waals surface area contributed by atoms with Gasteiger partial charge in [0.2, 0.25) is 11.8 Å². The molecule has 1 aromatic rings. The highest BCUT2D eigenvalue weighted by Crippen LogP contribution is 2.22. The van der Waals surface area contributed by atoms with Gasteiger partial charge in [-0.2, -0.15) is 0 Å². The van der Waals surface area contributed by atoms with E-state index in [1.165, 1.54) is 0 Å². The summed E-state index contributed by atoms with van der Waals surface area (Å²) in [5, 5.41) is 9.08. The van der Waals surface area contributed by atoms with Gasteiger partial charge in [0, 0.05) is 5.92 Å². The smallest absolute Gasteiger partial charge is 0.243 e. The third-order valence-electron chi connectivity index (χ3n) is 3.53. The quantitative estimate of drug-likeness (QED) is 0.793. The predicted octanol–water partition coefficient (Wildman–Crippen LogP) is 1.70. The minimum absolute atomic E-state index is 0.00186. The molecule has 2 amide bonds. The number of carbonyl (C=O) groups is 2. The monoisotopic (exact) mass is 309 g/mol. The summed E-state index contributed by atoms with van der Waals surface area (Å²) < 4.78 is 0. The molecular weight excluding hydrogens is 290 g/mol. The van der Waals surface area contributed by atoms with Crippen molar-refractivity contribution < 1.29 is 9.59 Å². The Morgan fingerprint density at radius 1 is 1.33 bits per heavy atom. The van der Waals surface area contributed by atoms with E-state index in [4.69, 9.17) is 11.6 Å². The fraction of sp³-hybridized carbons (Fsp3) is 0.467. The second kappa shape index (κ2) is 7.43. The maximum atomic E-state index is 11.9. The third kappa shape index (κ3) is 4.72. The van der Waals surface area contributed by atoms with Crippen LogP contribution in [0.5, 0.6) is 0 Å². The molecule has 1 heterocycles. The number of hydrogen-bond acceptors (Lipinski definition) is 3. The van der Waals surface area contributed by atoms with Crippen molar-refractivity contribution in [2.75, 3.05) is 25.0 Å². The van der Waals surface area contributed by atoms with Crippen LogP contribution in [0.15, 0.2) is 18.2 Å². The van der Waals surface area contributed by atoms with E-state index in [2.05, 4.69) is 16.0 Å². The lowest BCUT2D eigenvalue weighted by Crippen LogP contribution is -2.41. The van der Waals surface area contributed by atoms with E-state index in [9.17, 15) is 9.59 Å². The van der Waals surface area contributed by atoms with Gasteiger partial charge in [-0.25, -0.2) is 0 Å². The normalized spacial score (nSPS) is 15.5. The van der Waals surface area contributed by atoms with E-state index >= 15 is 0 Å². The molecule has 21 heavy (non-hydrogen) atoms. The van der Waals surface area contributed by atoms with Gasteiger partial charge in [0.05, 0.1) is 17.3 Å². The van der Waals surface area contributed by atoms with E-state index in [1.54, 1.807) is 12.1 Å². The molecule has 1 aliphatic rings. The molecule has 1 fully saturated rings. The Bertz CT molecular complexity index is 528. The van der Waals surface area contributed by atoms with E-state index in [0.717, 1.165) is 31.5 Å². The molecule has 6 heteroatoms. The number of piperidine rings is 1. The van der Waals surface area contributed by atoms with Crippen LogP contribution in [0, 0.1) is 12.8 Å². The molecule has 1 aliphatic heterocycles. The summed E-state index contributed by atoms with van der Waals surface area (Å²) in [5.41, 5.74) is 1.58. The van der Waals surface area contributed by atoms with Crippen LogP contribution >= 0.6 is 11.6 Å². The van der Waals surface area contributed by atoms with Crippen molar-refractivity contribution in [3.05, 3.63) is 28.8 Å². The Hall–Kier alpha value is -1.59. The second-order valence-electron chi connectivity index (χ2n) is 5.27. The standard InChI is InChI=1S/C15H20ClN3O2/c1-10-2-3-13(12(16)8-10)19-14(20)9-18-15(21)11-4-6-17-7-5-11/h2-3,8,11,17H,4-7,9H2,1H3,(H,18,21)(H,19,20). The highest BCUT2D eigenvalue weighted by atomic mass is 35.5. The summed E-state index contributed by atoms with van der Waals surface area (Å²) in [5.74, 6) is -0.327. The molecule has 0 atom stereocenters. The van der Waals surface area contributed by atoms with Crippen LogP contribution in [-0.4, -0.2) is 31.4 Å². The highest BCUT2D eigenvalue weighted by Gasteiger charge is 2.21. The lowest BCUT2D eigenvalue weighted by molar-refractivity contribution is -0.127. The average Bonchev–Trinajstić information content (AvgIpc) is 2.48. The fourth-order valence-corrected chi connectivity index (χ4v) is 2.59. The van der Waals surface area contributed by atoms with Crippen LogP contribution < -0.4 is 16.0 Å². The van der Waals surface area contributed by atoms with Crippen LogP contribution in [0.25, 0.3) is 0 Å². The second-order valence-corrected chi connectivity index (χ2v) is 5.68. The number of rotatable bonds is 4. The Morgan fingerprint density at radius 3 is 2.71 bits per heavy atom. The average molecular weight is 310 g/mol. The van der Waals surface area contributed by atoms with Crippen molar-refractivity contribution in [3.8, 4) is 0 Å². The molecule has 0 bridgehead atoms. The molecule has 1 aromatic carbocycles. The zero-order valence-electron chi connectivity index (χ0n) is 12.0. The van der Waals surface area contributed by atoms with Crippen LogP contribution in [0.1, 0.15) is 18.4 Å². The van der Waals surface area contributed by atoms with Gasteiger partial charge in [-0.1, -0.05) is 17.7 Å². The number of carbonyl (C=O) groups excluding carboxylic acids is 2. The van der Waals surface area contributed by atoms with E-state index in [0.29, 0.717) is 10.7 Å². The lowest BCUT2D eigenvalue weighted by atomic mass is 9.97. The van der Waals surface area contributed by atoms with E-state index in [1.807, 2.05) is 13.0 Å². The zero-order chi connectivity index (χ0) is 15.2. The Balaban J connectivity index is 1.80. The number of halogens is 1. The molecule has 2 rings (SSSR count). The number of nitrogens with one attached hydrogen (secondary N) is 3. The number of hydrogen-bond donors (Lipinski definition) is 3. The maximum absolute atomic E-state index is 11.9. The van der Waals surface area contributed by atoms with Crippen molar-refractivity contribution in [3.63, 3.8) is 0 Å². The van der Waals surface area contributed by atoms with Crippen molar-refractivity contribution in [1.82, 2.24) is 10.6 Å². The van der Waals surface area contributed by atoms with Gasteiger partial charge in [0.1, 0.15) is 0 Å². The van der Waals surface area contributed by atoms with Crippen LogP contribution in [0.4, 0.5) is 5.69 Å². The summed E-state index contributed by atoms with van der Waals surface area (Å²) in [6, 6.07) is 5.41. The molecule has 0 radical (unpaired) electrons. The molecule has 1 saturated heterocycles. The molecule has 0 unspecified atom stereocenters. The molecular formula is C15H20ClN3O2. The SMILES string of the molecule is Cc1ccc(NC(=O)CNC(=O)C2CCNCC2)c(Cl)c1. The lowest BCUT2D eigenvalue weighted by Gasteiger charge is -2.21. The molecule has 0 saturated carbocycles. The summed E-state index contributed by atoms with van der Waals surface area (Å²) in [6.45, 7) is 3.59.